The topological polar surface area (TPSA) is 67.5 Å². The summed E-state index contributed by atoms with van der Waals surface area (Å²) in [5, 5.41) is 9.72. The van der Waals surface area contributed by atoms with Gasteiger partial charge in [-0.25, -0.2) is 4.79 Å². The van der Waals surface area contributed by atoms with Crippen LogP contribution in [0, 0.1) is 0 Å². The fraction of sp³-hybridized carbons (Fsp3) is 0. The molecule has 1 aromatic carbocycles. The SMILES string of the molecule is O=Cc1cc2ccc(O)cc2oc1=O. The second kappa shape index (κ2) is 2.99. The van der Waals surface area contributed by atoms with Gasteiger partial charge in [0.25, 0.3) is 0 Å². The molecule has 0 aliphatic rings. The van der Waals surface area contributed by atoms with Crippen LogP contribution in [0.1, 0.15) is 10.4 Å². The molecular weight excluding hydrogens is 184 g/mol. The Morgan fingerprint density at radius 2 is 2.07 bits per heavy atom. The van der Waals surface area contributed by atoms with Gasteiger partial charge in [0.2, 0.25) is 0 Å². The van der Waals surface area contributed by atoms with E-state index in [1.165, 1.54) is 18.2 Å². The third kappa shape index (κ3) is 1.26. The predicted molar refractivity (Wildman–Crippen MR) is 49.5 cm³/mol. The van der Waals surface area contributed by atoms with Crippen LogP contribution in [0.15, 0.2) is 33.5 Å². The van der Waals surface area contributed by atoms with E-state index in [1.54, 1.807) is 6.07 Å². The van der Waals surface area contributed by atoms with Crippen LogP contribution in [0.4, 0.5) is 0 Å². The minimum absolute atomic E-state index is 0.0134. The summed E-state index contributed by atoms with van der Waals surface area (Å²) >= 11 is 0. The van der Waals surface area contributed by atoms with Crippen LogP contribution in [0.2, 0.25) is 0 Å². The molecule has 4 heteroatoms. The molecule has 0 bridgehead atoms. The maximum atomic E-state index is 11.1. The summed E-state index contributed by atoms with van der Waals surface area (Å²) in [6, 6.07) is 5.77. The second-order valence-electron chi connectivity index (χ2n) is 2.83. The van der Waals surface area contributed by atoms with E-state index in [1.807, 2.05) is 0 Å². The lowest BCUT2D eigenvalue weighted by Gasteiger charge is -1.97. The highest BCUT2D eigenvalue weighted by atomic mass is 16.4. The van der Waals surface area contributed by atoms with Crippen LogP contribution in [-0.2, 0) is 0 Å². The minimum atomic E-state index is -0.696. The molecule has 0 fully saturated rings. The number of phenols is 1. The van der Waals surface area contributed by atoms with E-state index in [0.717, 1.165) is 0 Å². The maximum absolute atomic E-state index is 11.1. The van der Waals surface area contributed by atoms with Crippen LogP contribution in [0.5, 0.6) is 5.75 Å². The van der Waals surface area contributed by atoms with Crippen molar-refractivity contribution in [3.63, 3.8) is 0 Å². The van der Waals surface area contributed by atoms with E-state index < -0.39 is 5.63 Å². The molecule has 0 amide bonds. The zero-order valence-electron chi connectivity index (χ0n) is 7.06. The largest absolute Gasteiger partial charge is 0.508 e. The van der Waals surface area contributed by atoms with Gasteiger partial charge in [0, 0.05) is 11.5 Å². The molecule has 70 valence electrons. The van der Waals surface area contributed by atoms with E-state index >= 15 is 0 Å². The van der Waals surface area contributed by atoms with E-state index in [4.69, 9.17) is 9.52 Å². The summed E-state index contributed by atoms with van der Waals surface area (Å²) in [4.78, 5) is 21.5. The van der Waals surface area contributed by atoms with Crippen molar-refractivity contribution in [1.82, 2.24) is 0 Å². The van der Waals surface area contributed by atoms with Crippen LogP contribution >= 0.6 is 0 Å². The van der Waals surface area contributed by atoms with Gasteiger partial charge >= 0.3 is 5.63 Å². The Labute approximate surface area is 78.4 Å². The lowest BCUT2D eigenvalue weighted by atomic mass is 10.2. The first kappa shape index (κ1) is 8.50. The van der Waals surface area contributed by atoms with Gasteiger partial charge in [-0.2, -0.15) is 0 Å². The molecule has 0 aliphatic heterocycles. The molecule has 2 aromatic rings. The highest BCUT2D eigenvalue weighted by Crippen LogP contribution is 2.18. The molecule has 0 atom stereocenters. The first-order valence-corrected chi connectivity index (χ1v) is 3.93. The number of rotatable bonds is 1. The molecule has 0 spiro atoms. The standard InChI is InChI=1S/C10H6O4/c11-5-7-3-6-1-2-8(12)4-9(6)14-10(7)13/h1-5,12H. The average molecular weight is 190 g/mol. The highest BCUT2D eigenvalue weighted by molar-refractivity contribution is 5.84. The van der Waals surface area contributed by atoms with Crippen molar-refractivity contribution in [1.29, 1.82) is 0 Å². The molecule has 0 saturated carbocycles. The zero-order valence-corrected chi connectivity index (χ0v) is 7.06. The van der Waals surface area contributed by atoms with Crippen molar-refractivity contribution in [3.05, 3.63) is 40.2 Å². The Morgan fingerprint density at radius 3 is 2.79 bits per heavy atom. The van der Waals surface area contributed by atoms with Gasteiger partial charge in [0.1, 0.15) is 16.9 Å². The number of carbonyl (C=O) groups excluding carboxylic acids is 1. The van der Waals surface area contributed by atoms with E-state index in [0.29, 0.717) is 11.7 Å². The van der Waals surface area contributed by atoms with Crippen molar-refractivity contribution in [3.8, 4) is 5.75 Å². The summed E-state index contributed by atoms with van der Waals surface area (Å²) in [7, 11) is 0. The number of phenolic OH excluding ortho intramolecular Hbond substituents is 1. The molecule has 4 nitrogen and oxygen atoms in total. The third-order valence-electron chi connectivity index (χ3n) is 1.87. The molecule has 0 saturated heterocycles. The maximum Gasteiger partial charge on any atom is 0.346 e. The number of benzene rings is 1. The van der Waals surface area contributed by atoms with Crippen molar-refractivity contribution in [2.45, 2.75) is 0 Å². The Morgan fingerprint density at radius 1 is 1.29 bits per heavy atom. The van der Waals surface area contributed by atoms with E-state index in [2.05, 4.69) is 0 Å². The summed E-state index contributed by atoms with van der Waals surface area (Å²) in [5.41, 5.74) is -0.457. The first-order valence-electron chi connectivity index (χ1n) is 3.93. The predicted octanol–water partition coefficient (Wildman–Crippen LogP) is 1.31. The van der Waals surface area contributed by atoms with Gasteiger partial charge in [-0.1, -0.05) is 0 Å². The Bertz CT molecular complexity index is 554. The van der Waals surface area contributed by atoms with Crippen molar-refractivity contribution < 1.29 is 14.3 Å². The first-order chi connectivity index (χ1) is 6.70. The lowest BCUT2D eigenvalue weighted by Crippen LogP contribution is -2.05. The van der Waals surface area contributed by atoms with Crippen LogP contribution in [-0.4, -0.2) is 11.4 Å². The van der Waals surface area contributed by atoms with Crippen molar-refractivity contribution in [2.75, 3.05) is 0 Å². The number of aromatic hydroxyl groups is 1. The second-order valence-corrected chi connectivity index (χ2v) is 2.83. The minimum Gasteiger partial charge on any atom is -0.508 e. The van der Waals surface area contributed by atoms with Gasteiger partial charge < -0.3 is 9.52 Å². The summed E-state index contributed by atoms with van der Waals surface area (Å²) in [6.45, 7) is 0. The monoisotopic (exact) mass is 190 g/mol. The third-order valence-corrected chi connectivity index (χ3v) is 1.87. The summed E-state index contributed by atoms with van der Waals surface area (Å²) in [6.07, 6.45) is 0.443. The van der Waals surface area contributed by atoms with Crippen LogP contribution in [0.25, 0.3) is 11.0 Å². The van der Waals surface area contributed by atoms with Crippen molar-refractivity contribution in [2.24, 2.45) is 0 Å². The molecule has 0 radical (unpaired) electrons. The van der Waals surface area contributed by atoms with Crippen LogP contribution in [0.3, 0.4) is 0 Å². The van der Waals surface area contributed by atoms with Crippen LogP contribution < -0.4 is 5.63 Å². The van der Waals surface area contributed by atoms with Gasteiger partial charge in [-0.3, -0.25) is 4.79 Å². The van der Waals surface area contributed by atoms with Gasteiger partial charge in [0.05, 0.1) is 0 Å². The molecule has 0 aliphatic carbocycles. The molecule has 1 aromatic heterocycles. The quantitative estimate of drug-likeness (QED) is 0.543. The number of hydrogen-bond acceptors (Lipinski definition) is 4. The normalized spacial score (nSPS) is 10.3. The van der Waals surface area contributed by atoms with Gasteiger partial charge in [-0.05, 0) is 18.2 Å². The summed E-state index contributed by atoms with van der Waals surface area (Å²) in [5.74, 6) is 0.0134. The number of carbonyl (C=O) groups is 1. The fourth-order valence-corrected chi connectivity index (χ4v) is 1.20. The molecule has 14 heavy (non-hydrogen) atoms. The van der Waals surface area contributed by atoms with Gasteiger partial charge in [-0.15, -0.1) is 0 Å². The van der Waals surface area contributed by atoms with Crippen molar-refractivity contribution >= 4 is 17.3 Å². The molecule has 2 rings (SSSR count). The number of aldehydes is 1. The Balaban J connectivity index is 2.86. The highest BCUT2D eigenvalue weighted by Gasteiger charge is 2.04. The van der Waals surface area contributed by atoms with E-state index in [-0.39, 0.29) is 16.9 Å². The summed E-state index contributed by atoms with van der Waals surface area (Å²) < 4.78 is 4.82. The van der Waals surface area contributed by atoms with Gasteiger partial charge in [0.15, 0.2) is 6.29 Å². The molecule has 0 unspecified atom stereocenters. The Hall–Kier alpha value is -2.10. The lowest BCUT2D eigenvalue weighted by molar-refractivity contribution is 0.112. The van der Waals surface area contributed by atoms with E-state index in [9.17, 15) is 9.59 Å². The Kier molecular flexibility index (Phi) is 1.81. The average Bonchev–Trinajstić information content (AvgIpc) is 2.16. The molecule has 1 heterocycles. The smallest absolute Gasteiger partial charge is 0.346 e. The molecular formula is C10H6O4. The zero-order chi connectivity index (χ0) is 10.1. The fourth-order valence-electron chi connectivity index (χ4n) is 1.20. The molecule has 1 N–H and O–H groups in total. The number of hydrogen-bond donors (Lipinski definition) is 1. The number of fused-ring (bicyclic) bond motifs is 1.